The lowest BCUT2D eigenvalue weighted by Gasteiger charge is -2.08. The van der Waals surface area contributed by atoms with Crippen LogP contribution in [-0.4, -0.2) is 19.3 Å². The van der Waals surface area contributed by atoms with Crippen LogP contribution in [-0.2, 0) is 20.1 Å². The van der Waals surface area contributed by atoms with Gasteiger partial charge in [-0.3, -0.25) is 4.68 Å². The fraction of sp³-hybridized carbons (Fsp3) is 0.333. The van der Waals surface area contributed by atoms with Crippen LogP contribution in [0.25, 0.3) is 11.0 Å². The van der Waals surface area contributed by atoms with Crippen molar-refractivity contribution in [3.63, 3.8) is 0 Å². The predicted octanol–water partition coefficient (Wildman–Crippen LogP) is 2.71. The zero-order chi connectivity index (χ0) is 14.1. The summed E-state index contributed by atoms with van der Waals surface area (Å²) < 4.78 is 4.07. The van der Waals surface area contributed by atoms with Gasteiger partial charge in [0.05, 0.1) is 23.3 Å². The minimum Gasteiger partial charge on any atom is -0.350 e. The van der Waals surface area contributed by atoms with E-state index >= 15 is 0 Å². The van der Waals surface area contributed by atoms with Gasteiger partial charge < -0.3 is 9.88 Å². The maximum absolute atomic E-state index is 4.70. The second kappa shape index (κ2) is 5.00. The summed E-state index contributed by atoms with van der Waals surface area (Å²) in [5, 5.41) is 7.58. The second-order valence-electron chi connectivity index (χ2n) is 4.97. The highest BCUT2D eigenvalue weighted by molar-refractivity contribution is 5.79. The zero-order valence-corrected chi connectivity index (χ0v) is 12.1. The van der Waals surface area contributed by atoms with Gasteiger partial charge >= 0.3 is 0 Å². The SMILES string of the molecule is CCn1c(NCc2ccnn2C)nc2cc(C)ccc21. The molecule has 0 saturated carbocycles. The molecule has 3 aromatic rings. The van der Waals surface area contributed by atoms with E-state index in [4.69, 9.17) is 4.98 Å². The quantitative estimate of drug-likeness (QED) is 0.792. The molecule has 104 valence electrons. The van der Waals surface area contributed by atoms with Crippen molar-refractivity contribution >= 4 is 17.0 Å². The van der Waals surface area contributed by atoms with Crippen LogP contribution < -0.4 is 5.32 Å². The van der Waals surface area contributed by atoms with Gasteiger partial charge in [0.15, 0.2) is 0 Å². The molecule has 0 aliphatic rings. The van der Waals surface area contributed by atoms with Gasteiger partial charge in [0.2, 0.25) is 5.95 Å². The van der Waals surface area contributed by atoms with Gasteiger partial charge in [-0.2, -0.15) is 5.10 Å². The van der Waals surface area contributed by atoms with Crippen molar-refractivity contribution in [3.8, 4) is 0 Å². The number of benzene rings is 1. The van der Waals surface area contributed by atoms with Crippen LogP contribution in [0.3, 0.4) is 0 Å². The summed E-state index contributed by atoms with van der Waals surface area (Å²) in [6.45, 7) is 5.84. The molecule has 2 heterocycles. The molecule has 0 unspecified atom stereocenters. The van der Waals surface area contributed by atoms with E-state index in [9.17, 15) is 0 Å². The van der Waals surface area contributed by atoms with Gasteiger partial charge in [-0.25, -0.2) is 4.98 Å². The Morgan fingerprint density at radius 3 is 2.80 bits per heavy atom. The molecule has 0 amide bonds. The number of anilines is 1. The molecular weight excluding hydrogens is 250 g/mol. The fourth-order valence-corrected chi connectivity index (χ4v) is 2.44. The summed E-state index contributed by atoms with van der Waals surface area (Å²) in [7, 11) is 1.95. The van der Waals surface area contributed by atoms with Crippen molar-refractivity contribution in [2.24, 2.45) is 7.05 Å². The van der Waals surface area contributed by atoms with Crippen molar-refractivity contribution in [1.29, 1.82) is 0 Å². The van der Waals surface area contributed by atoms with Gasteiger partial charge in [-0.15, -0.1) is 0 Å². The maximum Gasteiger partial charge on any atom is 0.204 e. The molecule has 20 heavy (non-hydrogen) atoms. The van der Waals surface area contributed by atoms with E-state index in [-0.39, 0.29) is 0 Å². The van der Waals surface area contributed by atoms with E-state index < -0.39 is 0 Å². The highest BCUT2D eigenvalue weighted by Crippen LogP contribution is 2.21. The molecular formula is C15H19N5. The first kappa shape index (κ1) is 12.7. The topological polar surface area (TPSA) is 47.7 Å². The zero-order valence-electron chi connectivity index (χ0n) is 12.1. The van der Waals surface area contributed by atoms with Crippen LogP contribution in [0.5, 0.6) is 0 Å². The van der Waals surface area contributed by atoms with E-state index in [1.807, 2.05) is 24.0 Å². The third-order valence-corrected chi connectivity index (χ3v) is 3.57. The van der Waals surface area contributed by atoms with Crippen LogP contribution in [0.4, 0.5) is 5.95 Å². The molecule has 0 spiro atoms. The van der Waals surface area contributed by atoms with Crippen LogP contribution >= 0.6 is 0 Å². The average molecular weight is 269 g/mol. The van der Waals surface area contributed by atoms with Crippen molar-refractivity contribution in [3.05, 3.63) is 41.7 Å². The molecule has 0 fully saturated rings. The number of aromatic nitrogens is 4. The molecule has 0 bridgehead atoms. The van der Waals surface area contributed by atoms with Crippen molar-refractivity contribution in [1.82, 2.24) is 19.3 Å². The molecule has 0 saturated heterocycles. The Labute approximate surface area is 118 Å². The largest absolute Gasteiger partial charge is 0.350 e. The summed E-state index contributed by atoms with van der Waals surface area (Å²) >= 11 is 0. The van der Waals surface area contributed by atoms with Crippen molar-refractivity contribution < 1.29 is 0 Å². The van der Waals surface area contributed by atoms with E-state index in [0.29, 0.717) is 0 Å². The smallest absolute Gasteiger partial charge is 0.204 e. The Kier molecular flexibility index (Phi) is 3.18. The lowest BCUT2D eigenvalue weighted by molar-refractivity contribution is 0.714. The Morgan fingerprint density at radius 1 is 1.25 bits per heavy atom. The van der Waals surface area contributed by atoms with Crippen LogP contribution in [0.2, 0.25) is 0 Å². The number of hydrogen-bond acceptors (Lipinski definition) is 3. The Bertz CT molecular complexity index is 738. The molecule has 0 radical (unpaired) electrons. The number of fused-ring (bicyclic) bond motifs is 1. The summed E-state index contributed by atoms with van der Waals surface area (Å²) in [6.07, 6.45) is 1.81. The third kappa shape index (κ3) is 2.15. The van der Waals surface area contributed by atoms with E-state index in [2.05, 4.69) is 47.0 Å². The lowest BCUT2D eigenvalue weighted by Crippen LogP contribution is -2.09. The van der Waals surface area contributed by atoms with Gasteiger partial charge in [0.1, 0.15) is 0 Å². The molecule has 2 aromatic heterocycles. The second-order valence-corrected chi connectivity index (χ2v) is 4.97. The van der Waals surface area contributed by atoms with Crippen molar-refractivity contribution in [2.75, 3.05) is 5.32 Å². The van der Waals surface area contributed by atoms with E-state index in [1.54, 1.807) is 0 Å². The highest BCUT2D eigenvalue weighted by Gasteiger charge is 2.09. The first-order chi connectivity index (χ1) is 9.69. The summed E-state index contributed by atoms with van der Waals surface area (Å²) in [5.74, 6) is 0.911. The van der Waals surface area contributed by atoms with E-state index in [0.717, 1.165) is 30.2 Å². The maximum atomic E-state index is 4.70. The third-order valence-electron chi connectivity index (χ3n) is 3.57. The summed E-state index contributed by atoms with van der Waals surface area (Å²) in [5.41, 5.74) is 4.58. The Balaban J connectivity index is 1.92. The number of hydrogen-bond donors (Lipinski definition) is 1. The monoisotopic (exact) mass is 269 g/mol. The van der Waals surface area contributed by atoms with Gasteiger partial charge in [0.25, 0.3) is 0 Å². The van der Waals surface area contributed by atoms with Crippen LogP contribution in [0, 0.1) is 6.92 Å². The first-order valence-electron chi connectivity index (χ1n) is 6.86. The van der Waals surface area contributed by atoms with Crippen LogP contribution in [0.15, 0.2) is 30.5 Å². The number of rotatable bonds is 4. The molecule has 0 aliphatic heterocycles. The molecule has 5 heteroatoms. The molecule has 0 atom stereocenters. The standard InChI is InChI=1S/C15H19N5/c1-4-20-14-6-5-11(2)9-13(14)18-15(20)16-10-12-7-8-17-19(12)3/h5-9H,4,10H2,1-3H3,(H,16,18). The molecule has 3 rings (SSSR count). The average Bonchev–Trinajstić information content (AvgIpc) is 2.98. The minimum absolute atomic E-state index is 0.721. The molecule has 0 aliphatic carbocycles. The molecule has 1 aromatic carbocycles. The Hall–Kier alpha value is -2.30. The summed E-state index contributed by atoms with van der Waals surface area (Å²) in [6, 6.07) is 8.39. The van der Waals surface area contributed by atoms with Crippen LogP contribution in [0.1, 0.15) is 18.2 Å². The van der Waals surface area contributed by atoms with E-state index in [1.165, 1.54) is 11.1 Å². The number of aryl methyl sites for hydroxylation is 3. The lowest BCUT2D eigenvalue weighted by atomic mass is 10.2. The normalized spacial score (nSPS) is 11.2. The summed E-state index contributed by atoms with van der Waals surface area (Å²) in [4.78, 5) is 4.70. The first-order valence-corrected chi connectivity index (χ1v) is 6.86. The van der Waals surface area contributed by atoms with Gasteiger partial charge in [-0.05, 0) is 37.6 Å². The minimum atomic E-state index is 0.721. The molecule has 1 N–H and O–H groups in total. The van der Waals surface area contributed by atoms with Gasteiger partial charge in [0, 0.05) is 19.8 Å². The Morgan fingerprint density at radius 2 is 2.10 bits per heavy atom. The predicted molar refractivity (Wildman–Crippen MR) is 80.7 cm³/mol. The number of imidazole rings is 1. The highest BCUT2D eigenvalue weighted by atomic mass is 15.3. The van der Waals surface area contributed by atoms with Gasteiger partial charge in [-0.1, -0.05) is 6.07 Å². The van der Waals surface area contributed by atoms with Crippen molar-refractivity contribution in [2.45, 2.75) is 26.9 Å². The fourth-order valence-electron chi connectivity index (χ4n) is 2.44. The molecule has 5 nitrogen and oxygen atoms in total. The number of nitrogens with one attached hydrogen (secondary N) is 1. The number of nitrogens with zero attached hydrogens (tertiary/aromatic N) is 4.